The second kappa shape index (κ2) is 10.7. The number of likely N-dealkylation sites (tertiary alicyclic amines) is 2. The molecule has 6 nitrogen and oxygen atoms in total. The van der Waals surface area contributed by atoms with Crippen LogP contribution in [0.2, 0.25) is 0 Å². The molecule has 0 aromatic heterocycles. The molecule has 2 saturated heterocycles. The topological polar surface area (TPSA) is 55.9 Å². The number of nitrogens with zero attached hydrogens (tertiary/aromatic N) is 3. The van der Waals surface area contributed by atoms with Crippen molar-refractivity contribution in [2.75, 3.05) is 46.8 Å². The van der Waals surface area contributed by atoms with Crippen LogP contribution in [0.25, 0.3) is 0 Å². The zero-order valence-corrected chi connectivity index (χ0v) is 18.0. The fraction of sp³-hybridized carbons (Fsp3) is 0.652. The molecule has 0 saturated carbocycles. The lowest BCUT2D eigenvalue weighted by molar-refractivity contribution is -0.133. The summed E-state index contributed by atoms with van der Waals surface area (Å²) in [6.07, 6.45) is 4.60. The van der Waals surface area contributed by atoms with E-state index in [4.69, 9.17) is 0 Å². The van der Waals surface area contributed by atoms with Gasteiger partial charge in [0.05, 0.1) is 6.54 Å². The smallest absolute Gasteiger partial charge is 0.236 e. The van der Waals surface area contributed by atoms with E-state index in [1.165, 1.54) is 5.56 Å². The van der Waals surface area contributed by atoms with Crippen molar-refractivity contribution >= 4 is 11.8 Å². The molecule has 0 bridgehead atoms. The third-order valence-electron chi connectivity index (χ3n) is 6.08. The molecule has 160 valence electrons. The first-order valence-electron chi connectivity index (χ1n) is 11.0. The van der Waals surface area contributed by atoms with Gasteiger partial charge in [0.25, 0.3) is 0 Å². The van der Waals surface area contributed by atoms with E-state index in [1.54, 1.807) is 0 Å². The van der Waals surface area contributed by atoms with Crippen molar-refractivity contribution in [3.05, 3.63) is 35.9 Å². The molecule has 29 heavy (non-hydrogen) atoms. The summed E-state index contributed by atoms with van der Waals surface area (Å²) in [7, 11) is 3.85. The SMILES string of the molecule is CN(C)CC(=O)N1CCC(CCC(=O)NC2CCN(Cc3ccccc3)C2)CC1. The van der Waals surface area contributed by atoms with Crippen LogP contribution in [0.1, 0.15) is 37.7 Å². The van der Waals surface area contributed by atoms with E-state index >= 15 is 0 Å². The van der Waals surface area contributed by atoms with Gasteiger partial charge in [-0.2, -0.15) is 0 Å². The third-order valence-corrected chi connectivity index (χ3v) is 6.08. The first kappa shape index (κ1) is 21.8. The molecule has 0 aliphatic carbocycles. The van der Waals surface area contributed by atoms with Crippen molar-refractivity contribution in [3.63, 3.8) is 0 Å². The molecular formula is C23H36N4O2. The summed E-state index contributed by atoms with van der Waals surface area (Å²) < 4.78 is 0. The normalized spacial score (nSPS) is 20.9. The minimum absolute atomic E-state index is 0.183. The fourth-order valence-corrected chi connectivity index (χ4v) is 4.41. The second-order valence-electron chi connectivity index (χ2n) is 8.87. The van der Waals surface area contributed by atoms with E-state index in [1.807, 2.05) is 30.0 Å². The van der Waals surface area contributed by atoms with Crippen LogP contribution in [0, 0.1) is 5.92 Å². The summed E-state index contributed by atoms with van der Waals surface area (Å²) in [5.41, 5.74) is 1.33. The predicted octanol–water partition coefficient (Wildman–Crippen LogP) is 1.96. The Hall–Kier alpha value is -1.92. The van der Waals surface area contributed by atoms with Gasteiger partial charge in [0.2, 0.25) is 11.8 Å². The molecule has 1 aromatic rings. The Labute approximate surface area is 175 Å². The molecule has 1 atom stereocenters. The predicted molar refractivity (Wildman–Crippen MR) is 115 cm³/mol. The largest absolute Gasteiger partial charge is 0.352 e. The summed E-state index contributed by atoms with van der Waals surface area (Å²) in [6, 6.07) is 10.8. The number of hydrogen-bond donors (Lipinski definition) is 1. The first-order chi connectivity index (χ1) is 14.0. The quantitative estimate of drug-likeness (QED) is 0.725. The molecule has 2 heterocycles. The highest BCUT2D eigenvalue weighted by atomic mass is 16.2. The molecule has 2 aliphatic rings. The lowest BCUT2D eigenvalue weighted by Crippen LogP contribution is -2.43. The number of rotatable bonds is 8. The van der Waals surface area contributed by atoms with Gasteiger partial charge < -0.3 is 15.1 Å². The molecule has 1 aromatic carbocycles. The maximum atomic E-state index is 12.4. The molecule has 1 unspecified atom stereocenters. The van der Waals surface area contributed by atoms with Gasteiger partial charge in [-0.3, -0.25) is 14.5 Å². The number of benzene rings is 1. The number of likely N-dealkylation sites (N-methyl/N-ethyl adjacent to an activating group) is 1. The molecule has 1 N–H and O–H groups in total. The monoisotopic (exact) mass is 400 g/mol. The maximum absolute atomic E-state index is 12.4. The van der Waals surface area contributed by atoms with Crippen LogP contribution in [0.15, 0.2) is 30.3 Å². The van der Waals surface area contributed by atoms with Gasteiger partial charge in [-0.25, -0.2) is 0 Å². The van der Waals surface area contributed by atoms with E-state index in [9.17, 15) is 9.59 Å². The lowest BCUT2D eigenvalue weighted by atomic mass is 9.92. The van der Waals surface area contributed by atoms with Crippen molar-refractivity contribution < 1.29 is 9.59 Å². The summed E-state index contributed by atoms with van der Waals surface area (Å²) in [6.45, 7) is 5.08. The van der Waals surface area contributed by atoms with Crippen molar-refractivity contribution in [1.82, 2.24) is 20.0 Å². The number of carbonyl (C=O) groups excluding carboxylic acids is 2. The van der Waals surface area contributed by atoms with Crippen molar-refractivity contribution in [2.24, 2.45) is 5.92 Å². The average molecular weight is 401 g/mol. The Bertz CT molecular complexity index is 656. The van der Waals surface area contributed by atoms with Crippen molar-refractivity contribution in [2.45, 2.75) is 44.7 Å². The summed E-state index contributed by atoms with van der Waals surface area (Å²) in [4.78, 5) is 30.8. The van der Waals surface area contributed by atoms with Gasteiger partial charge in [0.1, 0.15) is 0 Å². The second-order valence-corrected chi connectivity index (χ2v) is 8.87. The molecule has 0 radical (unpaired) electrons. The molecule has 2 fully saturated rings. The van der Waals surface area contributed by atoms with Gasteiger partial charge in [-0.15, -0.1) is 0 Å². The van der Waals surface area contributed by atoms with Crippen LogP contribution in [0.4, 0.5) is 0 Å². The first-order valence-corrected chi connectivity index (χ1v) is 11.0. The molecule has 6 heteroatoms. The molecule has 3 rings (SSSR count). The van der Waals surface area contributed by atoms with Crippen LogP contribution < -0.4 is 5.32 Å². The van der Waals surface area contributed by atoms with E-state index in [-0.39, 0.29) is 17.9 Å². The maximum Gasteiger partial charge on any atom is 0.236 e. The summed E-state index contributed by atoms with van der Waals surface area (Å²) in [5.74, 6) is 0.956. The van der Waals surface area contributed by atoms with Crippen LogP contribution in [-0.4, -0.2) is 79.4 Å². The van der Waals surface area contributed by atoms with E-state index in [0.29, 0.717) is 18.9 Å². The van der Waals surface area contributed by atoms with E-state index in [0.717, 1.165) is 58.4 Å². The minimum atomic E-state index is 0.183. The van der Waals surface area contributed by atoms with Gasteiger partial charge in [-0.1, -0.05) is 30.3 Å². The van der Waals surface area contributed by atoms with Gasteiger partial charge >= 0.3 is 0 Å². The Morgan fingerprint density at radius 1 is 1.07 bits per heavy atom. The van der Waals surface area contributed by atoms with Crippen molar-refractivity contribution in [3.8, 4) is 0 Å². The standard InChI is InChI=1S/C23H36N4O2/c1-25(2)18-23(29)27-14-10-19(11-15-27)8-9-22(28)24-21-12-13-26(17-21)16-20-6-4-3-5-7-20/h3-7,19,21H,8-18H2,1-2H3,(H,24,28). The number of carbonyl (C=O) groups is 2. The minimum Gasteiger partial charge on any atom is -0.352 e. The fourth-order valence-electron chi connectivity index (χ4n) is 4.41. The summed E-state index contributed by atoms with van der Waals surface area (Å²) in [5, 5.41) is 3.23. The number of piperidine rings is 1. The van der Waals surface area contributed by atoms with E-state index < -0.39 is 0 Å². The molecule has 2 amide bonds. The third kappa shape index (κ3) is 7.12. The Balaban J connectivity index is 1.30. The van der Waals surface area contributed by atoms with Crippen LogP contribution in [-0.2, 0) is 16.1 Å². The van der Waals surface area contributed by atoms with Gasteiger partial charge in [0, 0.05) is 45.2 Å². The number of nitrogens with one attached hydrogen (secondary N) is 1. The highest BCUT2D eigenvalue weighted by Crippen LogP contribution is 2.22. The number of hydrogen-bond acceptors (Lipinski definition) is 4. The number of amides is 2. The lowest BCUT2D eigenvalue weighted by Gasteiger charge is -2.32. The molecule has 0 spiro atoms. The zero-order valence-electron chi connectivity index (χ0n) is 18.0. The van der Waals surface area contributed by atoms with E-state index in [2.05, 4.69) is 34.5 Å². The van der Waals surface area contributed by atoms with Gasteiger partial charge in [-0.05, 0) is 51.3 Å². The van der Waals surface area contributed by atoms with Crippen molar-refractivity contribution in [1.29, 1.82) is 0 Å². The Morgan fingerprint density at radius 3 is 2.48 bits per heavy atom. The zero-order chi connectivity index (χ0) is 20.6. The van der Waals surface area contributed by atoms with Crippen LogP contribution >= 0.6 is 0 Å². The average Bonchev–Trinajstić information content (AvgIpc) is 3.13. The molecular weight excluding hydrogens is 364 g/mol. The Kier molecular flexibility index (Phi) is 8.07. The molecule has 2 aliphatic heterocycles. The van der Waals surface area contributed by atoms with Gasteiger partial charge in [0.15, 0.2) is 0 Å². The highest BCUT2D eigenvalue weighted by Gasteiger charge is 2.26. The van der Waals surface area contributed by atoms with Crippen LogP contribution in [0.5, 0.6) is 0 Å². The Morgan fingerprint density at radius 2 is 1.79 bits per heavy atom. The van der Waals surface area contributed by atoms with Crippen LogP contribution in [0.3, 0.4) is 0 Å². The highest BCUT2D eigenvalue weighted by molar-refractivity contribution is 5.78. The summed E-state index contributed by atoms with van der Waals surface area (Å²) >= 11 is 0.